The number of hydrogen-bond acceptors (Lipinski definition) is 2. The Balaban J connectivity index is 2.78. The van der Waals surface area contributed by atoms with Gasteiger partial charge in [0.1, 0.15) is 0 Å². The minimum absolute atomic E-state index is 0.0915. The molecule has 0 aliphatic carbocycles. The molecule has 2 atom stereocenters. The van der Waals surface area contributed by atoms with Gasteiger partial charge in [0, 0.05) is 6.04 Å². The summed E-state index contributed by atoms with van der Waals surface area (Å²) in [6.45, 7) is 2.03. The average Bonchev–Trinajstić information content (AvgIpc) is 2.20. The highest BCUT2D eigenvalue weighted by Gasteiger charge is 2.15. The molecule has 0 spiro atoms. The number of hydrogen-bond donors (Lipinski definition) is 1. The van der Waals surface area contributed by atoms with Crippen molar-refractivity contribution >= 4 is 8.05 Å². The molecule has 0 saturated heterocycles. The van der Waals surface area contributed by atoms with E-state index < -0.39 is 0 Å². The van der Waals surface area contributed by atoms with Crippen molar-refractivity contribution in [3.05, 3.63) is 35.9 Å². The van der Waals surface area contributed by atoms with Crippen LogP contribution >= 0.6 is 0 Å². The zero-order valence-electron chi connectivity index (χ0n) is 8.03. The van der Waals surface area contributed by atoms with Crippen molar-refractivity contribution < 1.29 is 4.65 Å². The molecule has 0 amide bonds. The van der Waals surface area contributed by atoms with Crippen LogP contribution in [0.5, 0.6) is 0 Å². The summed E-state index contributed by atoms with van der Waals surface area (Å²) in [5, 5.41) is 3.11. The van der Waals surface area contributed by atoms with E-state index in [9.17, 15) is 0 Å². The number of likely N-dealkylation sites (N-methyl/N-ethyl adjacent to an activating group) is 1. The molecule has 1 aromatic rings. The Kier molecular flexibility index (Phi) is 3.99. The third-order valence-corrected chi connectivity index (χ3v) is 2.18. The molecule has 2 unspecified atom stereocenters. The lowest BCUT2D eigenvalue weighted by Crippen LogP contribution is -2.30. The summed E-state index contributed by atoms with van der Waals surface area (Å²) in [5.41, 5.74) is 1.09. The van der Waals surface area contributed by atoms with Gasteiger partial charge < -0.3 is 9.97 Å². The Morgan fingerprint density at radius 3 is 2.38 bits per heavy atom. The number of benzene rings is 1. The second kappa shape index (κ2) is 5.05. The fraction of sp³-hybridized carbons (Fsp3) is 0.400. The van der Waals surface area contributed by atoms with Crippen LogP contribution in [0.2, 0.25) is 0 Å². The predicted molar refractivity (Wildman–Crippen MR) is 54.5 cm³/mol. The maximum Gasteiger partial charge on any atom is 0.283 e. The summed E-state index contributed by atoms with van der Waals surface area (Å²) < 4.78 is 4.93. The van der Waals surface area contributed by atoms with E-state index in [4.69, 9.17) is 12.7 Å². The maximum absolute atomic E-state index is 5.24. The Hall–Kier alpha value is -0.795. The standard InChI is InChI=1S/C10H14BNO/c1-8(12-2)10(13-11)9-6-4-3-5-7-9/h3-8,10,12H,1-2H3. The molecule has 0 bridgehead atoms. The zero-order chi connectivity index (χ0) is 9.68. The van der Waals surface area contributed by atoms with Gasteiger partial charge in [-0.2, -0.15) is 0 Å². The van der Waals surface area contributed by atoms with Gasteiger partial charge in [-0.25, -0.2) is 0 Å². The Morgan fingerprint density at radius 2 is 1.92 bits per heavy atom. The van der Waals surface area contributed by atoms with E-state index in [1.165, 1.54) is 0 Å². The summed E-state index contributed by atoms with van der Waals surface area (Å²) in [6.07, 6.45) is -0.0915. The minimum Gasteiger partial charge on any atom is -0.440 e. The van der Waals surface area contributed by atoms with Crippen molar-refractivity contribution in [2.45, 2.75) is 19.1 Å². The molecule has 0 heterocycles. The lowest BCUT2D eigenvalue weighted by Gasteiger charge is -2.23. The summed E-state index contributed by atoms with van der Waals surface area (Å²) in [5.74, 6) is 0. The first-order chi connectivity index (χ1) is 6.29. The average molecular weight is 175 g/mol. The van der Waals surface area contributed by atoms with Crippen molar-refractivity contribution in [2.24, 2.45) is 0 Å². The molecule has 1 N–H and O–H groups in total. The molecule has 0 aliphatic rings. The summed E-state index contributed by atoms with van der Waals surface area (Å²) in [7, 11) is 7.13. The van der Waals surface area contributed by atoms with Gasteiger partial charge >= 0.3 is 0 Å². The molecular formula is C10H14BNO. The SMILES string of the molecule is [B]OC(c1ccccc1)C(C)NC. The lowest BCUT2D eigenvalue weighted by atomic mass is 10.0. The molecule has 0 saturated carbocycles. The maximum atomic E-state index is 5.24. The van der Waals surface area contributed by atoms with E-state index in [0.717, 1.165) is 5.56 Å². The van der Waals surface area contributed by atoms with Crippen LogP contribution in [0.3, 0.4) is 0 Å². The van der Waals surface area contributed by atoms with Crippen LogP contribution < -0.4 is 5.32 Å². The van der Waals surface area contributed by atoms with Gasteiger partial charge in [-0.3, -0.25) is 0 Å². The van der Waals surface area contributed by atoms with Gasteiger partial charge in [0.05, 0.1) is 6.10 Å². The third-order valence-electron chi connectivity index (χ3n) is 2.18. The molecule has 1 aromatic carbocycles. The topological polar surface area (TPSA) is 21.3 Å². The quantitative estimate of drug-likeness (QED) is 0.699. The van der Waals surface area contributed by atoms with Crippen molar-refractivity contribution in [3.8, 4) is 0 Å². The smallest absolute Gasteiger partial charge is 0.283 e. The van der Waals surface area contributed by atoms with E-state index in [1.807, 2.05) is 44.3 Å². The fourth-order valence-electron chi connectivity index (χ4n) is 1.28. The van der Waals surface area contributed by atoms with Gasteiger partial charge in [0.25, 0.3) is 8.05 Å². The second-order valence-electron chi connectivity index (χ2n) is 3.04. The van der Waals surface area contributed by atoms with Gasteiger partial charge in [-0.1, -0.05) is 30.3 Å². The van der Waals surface area contributed by atoms with E-state index in [-0.39, 0.29) is 12.1 Å². The van der Waals surface area contributed by atoms with E-state index in [1.54, 1.807) is 0 Å². The van der Waals surface area contributed by atoms with Crippen LogP contribution in [-0.2, 0) is 4.65 Å². The number of rotatable bonds is 4. The zero-order valence-corrected chi connectivity index (χ0v) is 8.03. The summed E-state index contributed by atoms with van der Waals surface area (Å²) >= 11 is 0. The second-order valence-corrected chi connectivity index (χ2v) is 3.04. The Bertz CT molecular complexity index is 240. The van der Waals surface area contributed by atoms with E-state index in [2.05, 4.69) is 5.32 Å². The summed E-state index contributed by atoms with van der Waals surface area (Å²) in [6, 6.07) is 10.1. The van der Waals surface area contributed by atoms with Crippen LogP contribution in [0.1, 0.15) is 18.6 Å². The van der Waals surface area contributed by atoms with Gasteiger partial charge in [0.15, 0.2) is 0 Å². The monoisotopic (exact) mass is 175 g/mol. The first kappa shape index (κ1) is 10.3. The largest absolute Gasteiger partial charge is 0.440 e. The summed E-state index contributed by atoms with van der Waals surface area (Å²) in [4.78, 5) is 0. The molecule has 2 nitrogen and oxygen atoms in total. The van der Waals surface area contributed by atoms with Crippen LogP contribution in [0.25, 0.3) is 0 Å². The highest BCUT2D eigenvalue weighted by Crippen LogP contribution is 2.19. The molecule has 68 valence electrons. The predicted octanol–water partition coefficient (Wildman–Crippen LogP) is 1.44. The highest BCUT2D eigenvalue weighted by molar-refractivity contribution is 5.98. The molecule has 0 aromatic heterocycles. The van der Waals surface area contributed by atoms with E-state index in [0.29, 0.717) is 0 Å². The van der Waals surface area contributed by atoms with Crippen LogP contribution in [0, 0.1) is 0 Å². The van der Waals surface area contributed by atoms with Crippen LogP contribution in [-0.4, -0.2) is 21.1 Å². The number of nitrogens with one attached hydrogen (secondary N) is 1. The molecule has 3 heteroatoms. The van der Waals surface area contributed by atoms with E-state index >= 15 is 0 Å². The molecule has 13 heavy (non-hydrogen) atoms. The van der Waals surface area contributed by atoms with Gasteiger partial charge in [-0.05, 0) is 19.5 Å². The first-order valence-corrected chi connectivity index (χ1v) is 4.37. The van der Waals surface area contributed by atoms with Crippen molar-refractivity contribution in [2.75, 3.05) is 7.05 Å². The Morgan fingerprint density at radius 1 is 1.31 bits per heavy atom. The van der Waals surface area contributed by atoms with Crippen LogP contribution in [0.15, 0.2) is 30.3 Å². The fourth-order valence-corrected chi connectivity index (χ4v) is 1.28. The normalized spacial score (nSPS) is 15.2. The highest BCUT2D eigenvalue weighted by atomic mass is 16.4. The van der Waals surface area contributed by atoms with Crippen molar-refractivity contribution in [1.82, 2.24) is 5.32 Å². The third kappa shape index (κ3) is 2.57. The van der Waals surface area contributed by atoms with Crippen molar-refractivity contribution in [1.29, 1.82) is 0 Å². The molecule has 1 rings (SSSR count). The molecule has 0 fully saturated rings. The molecular weight excluding hydrogens is 161 g/mol. The molecule has 0 aliphatic heterocycles. The van der Waals surface area contributed by atoms with Gasteiger partial charge in [0.2, 0.25) is 0 Å². The van der Waals surface area contributed by atoms with Crippen molar-refractivity contribution in [3.63, 3.8) is 0 Å². The Labute approximate surface area is 80.7 Å². The minimum atomic E-state index is -0.0915. The van der Waals surface area contributed by atoms with Gasteiger partial charge in [-0.15, -0.1) is 0 Å². The lowest BCUT2D eigenvalue weighted by molar-refractivity contribution is 0.183. The first-order valence-electron chi connectivity index (χ1n) is 4.37. The molecule has 2 radical (unpaired) electrons. The van der Waals surface area contributed by atoms with Crippen LogP contribution in [0.4, 0.5) is 0 Å².